The predicted octanol–water partition coefficient (Wildman–Crippen LogP) is 4.04. The van der Waals surface area contributed by atoms with Gasteiger partial charge in [0.25, 0.3) is 0 Å². The summed E-state index contributed by atoms with van der Waals surface area (Å²) in [7, 11) is 2.11. The van der Waals surface area contributed by atoms with E-state index in [9.17, 15) is 13.2 Å². The summed E-state index contributed by atoms with van der Waals surface area (Å²) in [5.41, 5.74) is 0.737. The number of pyridine rings is 1. The van der Waals surface area contributed by atoms with Gasteiger partial charge in [0.05, 0.1) is 0 Å². The van der Waals surface area contributed by atoms with Crippen molar-refractivity contribution >= 4 is 12.4 Å². The minimum absolute atomic E-state index is 0. The minimum atomic E-state index is -0.760. The van der Waals surface area contributed by atoms with Gasteiger partial charge in [-0.3, -0.25) is 0 Å². The number of rotatable bonds is 6. The highest BCUT2D eigenvalue weighted by Gasteiger charge is 2.42. The lowest BCUT2D eigenvalue weighted by molar-refractivity contribution is 0.233. The number of ether oxygens (including phenoxy) is 1. The van der Waals surface area contributed by atoms with Crippen molar-refractivity contribution < 1.29 is 17.9 Å². The number of hydrogen-bond acceptors (Lipinski definition) is 4. The lowest BCUT2D eigenvalue weighted by atomic mass is 10.0. The fourth-order valence-corrected chi connectivity index (χ4v) is 3.89. The zero-order valence-corrected chi connectivity index (χ0v) is 17.0. The molecule has 1 aliphatic heterocycles. The Morgan fingerprint density at radius 3 is 2.69 bits per heavy atom. The van der Waals surface area contributed by atoms with Crippen molar-refractivity contribution in [1.82, 2.24) is 15.2 Å². The van der Waals surface area contributed by atoms with E-state index in [0.717, 1.165) is 38.4 Å². The molecule has 29 heavy (non-hydrogen) atoms. The van der Waals surface area contributed by atoms with E-state index in [1.165, 1.54) is 18.3 Å². The fraction of sp³-hybridized carbons (Fsp3) is 0.476. The molecule has 0 radical (unpaired) electrons. The minimum Gasteiger partial charge on any atom is -0.485 e. The van der Waals surface area contributed by atoms with Gasteiger partial charge >= 0.3 is 0 Å². The Morgan fingerprint density at radius 2 is 1.97 bits per heavy atom. The standard InChI is InChI=1S/C21H24F3N3O.ClH/c1-27-7-4-15(5-8-27)26-19-11-16(19)17-9-14(22)10-18(23)20(17)28-12-13-3-2-6-25-21(13)24;/h2-3,6,9-10,15-16,19,26H,4-5,7-8,11-12H2,1H3;1H/t16-,19+;/m0./s1. The molecule has 1 aliphatic carbocycles. The summed E-state index contributed by atoms with van der Waals surface area (Å²) in [6, 6.07) is 5.88. The molecule has 4 rings (SSSR count). The predicted molar refractivity (Wildman–Crippen MR) is 107 cm³/mol. The van der Waals surface area contributed by atoms with Gasteiger partial charge in [0, 0.05) is 41.4 Å². The monoisotopic (exact) mass is 427 g/mol. The zero-order chi connectivity index (χ0) is 19.7. The first-order chi connectivity index (χ1) is 13.5. The van der Waals surface area contributed by atoms with Crippen molar-refractivity contribution in [1.29, 1.82) is 0 Å². The van der Waals surface area contributed by atoms with E-state index in [4.69, 9.17) is 4.74 Å². The zero-order valence-electron chi connectivity index (χ0n) is 16.2. The smallest absolute Gasteiger partial charge is 0.219 e. The van der Waals surface area contributed by atoms with Crippen LogP contribution >= 0.6 is 12.4 Å². The third-order valence-corrected chi connectivity index (χ3v) is 5.60. The average molecular weight is 428 g/mol. The molecular formula is C21H25ClF3N3O. The lowest BCUT2D eigenvalue weighted by Crippen LogP contribution is -2.42. The second-order valence-electron chi connectivity index (χ2n) is 7.74. The highest BCUT2D eigenvalue weighted by molar-refractivity contribution is 5.85. The van der Waals surface area contributed by atoms with Crippen LogP contribution in [0.4, 0.5) is 13.2 Å². The number of piperidine rings is 1. The van der Waals surface area contributed by atoms with E-state index in [1.54, 1.807) is 6.07 Å². The number of hydrogen-bond donors (Lipinski definition) is 1. The third kappa shape index (κ3) is 5.21. The fourth-order valence-electron chi connectivity index (χ4n) is 3.89. The Kier molecular flexibility index (Phi) is 7.03. The van der Waals surface area contributed by atoms with Crippen molar-refractivity contribution in [3.8, 4) is 5.75 Å². The van der Waals surface area contributed by atoms with Crippen LogP contribution in [-0.2, 0) is 6.61 Å². The number of nitrogens with zero attached hydrogens (tertiary/aromatic N) is 2. The van der Waals surface area contributed by atoms with Gasteiger partial charge in [0.1, 0.15) is 12.4 Å². The molecule has 1 saturated heterocycles. The topological polar surface area (TPSA) is 37.4 Å². The van der Waals surface area contributed by atoms with E-state index in [2.05, 4.69) is 22.2 Å². The van der Waals surface area contributed by atoms with Crippen LogP contribution < -0.4 is 10.1 Å². The van der Waals surface area contributed by atoms with Crippen LogP contribution in [0.25, 0.3) is 0 Å². The summed E-state index contributed by atoms with van der Waals surface area (Å²) in [5, 5.41) is 3.61. The number of likely N-dealkylation sites (tertiary alicyclic amines) is 1. The summed E-state index contributed by atoms with van der Waals surface area (Å²) in [5.74, 6) is -2.04. The number of halogens is 4. The highest BCUT2D eigenvalue weighted by Crippen LogP contribution is 2.46. The first-order valence-corrected chi connectivity index (χ1v) is 9.67. The molecular weight excluding hydrogens is 403 g/mol. The van der Waals surface area contributed by atoms with Crippen molar-refractivity contribution in [3.05, 3.63) is 59.2 Å². The SMILES string of the molecule is CN1CCC(N[C@@H]2C[C@H]2c2cc(F)cc(F)c2OCc2cccnc2F)CC1.Cl. The summed E-state index contributed by atoms with van der Waals surface area (Å²) in [6.45, 7) is 1.94. The highest BCUT2D eigenvalue weighted by atomic mass is 35.5. The lowest BCUT2D eigenvalue weighted by Gasteiger charge is -2.29. The number of aromatic nitrogens is 1. The molecule has 0 amide bonds. The maximum absolute atomic E-state index is 14.4. The molecule has 4 nitrogen and oxygen atoms in total. The van der Waals surface area contributed by atoms with E-state index in [-0.39, 0.29) is 42.3 Å². The van der Waals surface area contributed by atoms with E-state index >= 15 is 0 Å². The summed E-state index contributed by atoms with van der Waals surface area (Å²) in [4.78, 5) is 5.87. The van der Waals surface area contributed by atoms with Gasteiger partial charge < -0.3 is 15.0 Å². The van der Waals surface area contributed by atoms with Crippen LogP contribution in [0.2, 0.25) is 0 Å². The van der Waals surface area contributed by atoms with Gasteiger partial charge in [-0.25, -0.2) is 13.8 Å². The number of benzene rings is 1. The van der Waals surface area contributed by atoms with Crippen LogP contribution in [0.15, 0.2) is 30.5 Å². The second kappa shape index (κ2) is 9.32. The summed E-state index contributed by atoms with van der Waals surface area (Å²) in [6.07, 6.45) is 4.29. The molecule has 2 aromatic rings. The maximum atomic E-state index is 14.4. The van der Waals surface area contributed by atoms with E-state index in [0.29, 0.717) is 11.6 Å². The Balaban J connectivity index is 0.00000240. The van der Waals surface area contributed by atoms with E-state index < -0.39 is 17.6 Å². The summed E-state index contributed by atoms with van der Waals surface area (Å²) >= 11 is 0. The Hall–Kier alpha value is -1.83. The molecule has 1 aromatic heterocycles. The quantitative estimate of drug-likeness (QED) is 0.706. The molecule has 8 heteroatoms. The van der Waals surface area contributed by atoms with Gasteiger partial charge in [0.2, 0.25) is 5.95 Å². The third-order valence-electron chi connectivity index (χ3n) is 5.60. The van der Waals surface area contributed by atoms with Crippen LogP contribution in [0, 0.1) is 17.6 Å². The van der Waals surface area contributed by atoms with Crippen LogP contribution in [-0.4, -0.2) is 42.1 Å². The molecule has 2 fully saturated rings. The van der Waals surface area contributed by atoms with Gasteiger partial charge in [-0.15, -0.1) is 12.4 Å². The van der Waals surface area contributed by atoms with Crippen molar-refractivity contribution in [2.75, 3.05) is 20.1 Å². The molecule has 0 unspecified atom stereocenters. The normalized spacial score (nSPS) is 22.2. The Bertz CT molecular complexity index is 846. The molecule has 2 aliphatic rings. The molecule has 2 heterocycles. The first kappa shape index (κ1) is 21.9. The van der Waals surface area contributed by atoms with Crippen molar-refractivity contribution in [3.63, 3.8) is 0 Å². The second-order valence-corrected chi connectivity index (χ2v) is 7.74. The average Bonchev–Trinajstić information content (AvgIpc) is 3.42. The molecule has 1 N–H and O–H groups in total. The molecule has 158 valence electrons. The van der Waals surface area contributed by atoms with Gasteiger partial charge in [-0.1, -0.05) is 0 Å². The molecule has 1 aromatic carbocycles. The van der Waals surface area contributed by atoms with Gasteiger partial charge in [-0.05, 0) is 57.6 Å². The van der Waals surface area contributed by atoms with Crippen LogP contribution in [0.5, 0.6) is 5.75 Å². The Labute approximate surface area is 174 Å². The van der Waals surface area contributed by atoms with Gasteiger partial charge in [-0.2, -0.15) is 4.39 Å². The van der Waals surface area contributed by atoms with E-state index in [1.807, 2.05) is 0 Å². The van der Waals surface area contributed by atoms with Gasteiger partial charge in [0.15, 0.2) is 11.6 Å². The molecule has 0 bridgehead atoms. The van der Waals surface area contributed by atoms with Crippen LogP contribution in [0.3, 0.4) is 0 Å². The summed E-state index contributed by atoms with van der Waals surface area (Å²) < 4.78 is 47.6. The largest absolute Gasteiger partial charge is 0.485 e. The van der Waals surface area contributed by atoms with Crippen LogP contribution in [0.1, 0.15) is 36.3 Å². The Morgan fingerprint density at radius 1 is 1.21 bits per heavy atom. The maximum Gasteiger partial charge on any atom is 0.219 e. The molecule has 1 saturated carbocycles. The van der Waals surface area contributed by atoms with Crippen molar-refractivity contribution in [2.24, 2.45) is 0 Å². The molecule has 0 spiro atoms. The van der Waals surface area contributed by atoms with Crippen molar-refractivity contribution in [2.45, 2.75) is 43.9 Å². The molecule has 2 atom stereocenters. The number of nitrogens with one attached hydrogen (secondary N) is 1. The first-order valence-electron chi connectivity index (χ1n) is 9.67.